The molecule has 3 aliphatic rings. The maximum absolute atomic E-state index is 12.3. The highest BCUT2D eigenvalue weighted by atomic mass is 16.7. The largest absolute Gasteiger partial charge is 0.461 e. The second-order valence-corrected chi connectivity index (χ2v) is 8.28. The van der Waals surface area contributed by atoms with Crippen LogP contribution in [-0.2, 0) is 28.5 Å². The lowest BCUT2D eigenvalue weighted by Crippen LogP contribution is -2.42. The molecule has 3 aliphatic heterocycles. The van der Waals surface area contributed by atoms with E-state index in [1.807, 2.05) is 6.92 Å². The van der Waals surface area contributed by atoms with Crippen molar-refractivity contribution in [2.75, 3.05) is 7.11 Å². The number of fused-ring (bicyclic) bond motifs is 3. The molecule has 1 N–H and O–H groups in total. The Kier molecular flexibility index (Phi) is 4.99. The zero-order chi connectivity index (χ0) is 20.1. The Morgan fingerprint density at radius 1 is 1.41 bits per heavy atom. The van der Waals surface area contributed by atoms with Crippen LogP contribution in [0.5, 0.6) is 0 Å². The third-order valence-electron chi connectivity index (χ3n) is 5.75. The van der Waals surface area contributed by atoms with Gasteiger partial charge in [-0.2, -0.15) is 0 Å². The summed E-state index contributed by atoms with van der Waals surface area (Å²) in [6.07, 6.45) is 0.404. The number of aliphatic hydroxyl groups is 1. The first kappa shape index (κ1) is 20.0. The van der Waals surface area contributed by atoms with E-state index in [9.17, 15) is 14.7 Å². The maximum Gasteiger partial charge on any atom is 0.334 e. The monoisotopic (exact) mass is 380 g/mol. The van der Waals surface area contributed by atoms with Crippen LogP contribution in [0.1, 0.15) is 40.5 Å². The molecule has 6 atom stereocenters. The van der Waals surface area contributed by atoms with Gasteiger partial charge in [-0.1, -0.05) is 20.4 Å². The standard InChI is InChI=1S/C20H28O7/c1-10(2)17(21)26-14-8-19(5)9-15(24-6)20(23,27-19)11(3)7-13-16(14)12(4)18(22)25-13/h7,10,13-16,23H,4,8-9H2,1-3,5-6H3/b11-7-/t13-,14-,15+,16+,19+,20-/m1/s1. The van der Waals surface area contributed by atoms with Crippen LogP contribution in [0, 0.1) is 11.8 Å². The summed E-state index contributed by atoms with van der Waals surface area (Å²) < 4.78 is 22.8. The highest BCUT2D eigenvalue weighted by Crippen LogP contribution is 2.48. The second-order valence-electron chi connectivity index (χ2n) is 8.28. The molecule has 2 saturated heterocycles. The van der Waals surface area contributed by atoms with Crippen molar-refractivity contribution in [2.45, 2.75) is 70.2 Å². The Hall–Kier alpha value is -1.70. The van der Waals surface area contributed by atoms with E-state index in [0.717, 1.165) is 0 Å². The minimum atomic E-state index is -1.64. The Morgan fingerprint density at radius 3 is 2.67 bits per heavy atom. The minimum absolute atomic E-state index is 0.266. The number of carbonyl (C=O) groups is 2. The van der Waals surface area contributed by atoms with E-state index in [4.69, 9.17) is 18.9 Å². The smallest absolute Gasteiger partial charge is 0.334 e. The molecule has 0 radical (unpaired) electrons. The number of methoxy groups -OCH3 is 1. The topological polar surface area (TPSA) is 91.3 Å². The van der Waals surface area contributed by atoms with Crippen LogP contribution in [0.15, 0.2) is 23.8 Å². The van der Waals surface area contributed by atoms with Crippen molar-refractivity contribution in [1.29, 1.82) is 0 Å². The van der Waals surface area contributed by atoms with Crippen molar-refractivity contribution in [3.05, 3.63) is 23.8 Å². The summed E-state index contributed by atoms with van der Waals surface area (Å²) in [7, 11) is 1.51. The van der Waals surface area contributed by atoms with Gasteiger partial charge < -0.3 is 24.1 Å². The van der Waals surface area contributed by atoms with Crippen molar-refractivity contribution < 1.29 is 33.6 Å². The number of esters is 2. The first-order valence-electron chi connectivity index (χ1n) is 9.25. The predicted molar refractivity (Wildman–Crippen MR) is 95.5 cm³/mol. The highest BCUT2D eigenvalue weighted by Gasteiger charge is 2.58. The van der Waals surface area contributed by atoms with E-state index in [2.05, 4.69) is 6.58 Å². The molecule has 2 bridgehead atoms. The van der Waals surface area contributed by atoms with Crippen LogP contribution < -0.4 is 0 Å². The van der Waals surface area contributed by atoms with Gasteiger partial charge >= 0.3 is 11.9 Å². The fourth-order valence-electron chi connectivity index (χ4n) is 4.22. The molecule has 0 saturated carbocycles. The zero-order valence-corrected chi connectivity index (χ0v) is 16.5. The van der Waals surface area contributed by atoms with Gasteiger partial charge in [-0.3, -0.25) is 4.79 Å². The summed E-state index contributed by atoms with van der Waals surface area (Å²) in [6, 6.07) is 0. The molecule has 0 aromatic heterocycles. The van der Waals surface area contributed by atoms with Crippen LogP contribution in [-0.4, -0.2) is 53.9 Å². The van der Waals surface area contributed by atoms with Crippen molar-refractivity contribution in [3.8, 4) is 0 Å². The molecule has 27 heavy (non-hydrogen) atoms. The third kappa shape index (κ3) is 3.32. The number of carbonyl (C=O) groups excluding carboxylic acids is 2. The zero-order valence-electron chi connectivity index (χ0n) is 16.5. The lowest BCUT2D eigenvalue weighted by Gasteiger charge is -2.33. The quantitative estimate of drug-likeness (QED) is 0.454. The molecule has 0 spiro atoms. The summed E-state index contributed by atoms with van der Waals surface area (Å²) >= 11 is 0. The van der Waals surface area contributed by atoms with Gasteiger partial charge in [0, 0.05) is 25.5 Å². The molecule has 7 nitrogen and oxygen atoms in total. The summed E-state index contributed by atoms with van der Waals surface area (Å²) in [4.78, 5) is 24.5. The summed E-state index contributed by atoms with van der Waals surface area (Å²) in [5.74, 6) is -3.37. The van der Waals surface area contributed by atoms with Crippen LogP contribution in [0.4, 0.5) is 0 Å². The fraction of sp³-hybridized carbons (Fsp3) is 0.700. The average Bonchev–Trinajstić information content (AvgIpc) is 3.00. The number of ether oxygens (including phenoxy) is 4. The van der Waals surface area contributed by atoms with Crippen LogP contribution in [0.25, 0.3) is 0 Å². The Labute approximate surface area is 159 Å². The SMILES string of the molecule is C=C1C(=O)O[C@@H]2/C=C(/C)[C@@]3(O)O[C@](C)(C[C@@H]3OC)C[C@@H](OC(=O)C(C)C)[C@@H]12. The van der Waals surface area contributed by atoms with Gasteiger partial charge in [0.1, 0.15) is 18.3 Å². The van der Waals surface area contributed by atoms with E-state index < -0.39 is 41.6 Å². The molecule has 7 heteroatoms. The molecule has 2 fully saturated rings. The van der Waals surface area contributed by atoms with E-state index >= 15 is 0 Å². The summed E-state index contributed by atoms with van der Waals surface area (Å²) in [6.45, 7) is 10.9. The third-order valence-corrected chi connectivity index (χ3v) is 5.75. The number of rotatable bonds is 3. The van der Waals surface area contributed by atoms with Crippen LogP contribution in [0.3, 0.4) is 0 Å². The molecule has 0 unspecified atom stereocenters. The van der Waals surface area contributed by atoms with Gasteiger partial charge in [-0.05, 0) is 25.5 Å². The van der Waals surface area contributed by atoms with E-state index in [1.165, 1.54) is 7.11 Å². The maximum atomic E-state index is 12.3. The first-order valence-corrected chi connectivity index (χ1v) is 9.25. The normalized spacial score (nSPS) is 43.3. The van der Waals surface area contributed by atoms with Crippen molar-refractivity contribution in [2.24, 2.45) is 11.8 Å². The highest BCUT2D eigenvalue weighted by molar-refractivity contribution is 5.91. The van der Waals surface area contributed by atoms with Crippen LogP contribution >= 0.6 is 0 Å². The van der Waals surface area contributed by atoms with Gasteiger partial charge in [0.2, 0.25) is 5.79 Å². The van der Waals surface area contributed by atoms with Crippen LogP contribution in [0.2, 0.25) is 0 Å². The molecular formula is C20H28O7. The van der Waals surface area contributed by atoms with E-state index in [1.54, 1.807) is 26.8 Å². The van der Waals surface area contributed by atoms with Gasteiger partial charge in [0.25, 0.3) is 0 Å². The average molecular weight is 380 g/mol. The molecule has 150 valence electrons. The predicted octanol–water partition coefficient (Wildman–Crippen LogP) is 1.88. The molecule has 3 heterocycles. The van der Waals surface area contributed by atoms with Crippen molar-refractivity contribution in [1.82, 2.24) is 0 Å². The Bertz CT molecular complexity index is 696. The van der Waals surface area contributed by atoms with Gasteiger partial charge in [0.15, 0.2) is 0 Å². The number of hydrogen-bond donors (Lipinski definition) is 1. The molecule has 3 rings (SSSR count). The number of hydrogen-bond acceptors (Lipinski definition) is 7. The molecular weight excluding hydrogens is 352 g/mol. The fourth-order valence-corrected chi connectivity index (χ4v) is 4.22. The molecule has 0 aliphatic carbocycles. The van der Waals surface area contributed by atoms with Crippen molar-refractivity contribution >= 4 is 11.9 Å². The minimum Gasteiger partial charge on any atom is -0.461 e. The van der Waals surface area contributed by atoms with Gasteiger partial charge in [-0.15, -0.1) is 0 Å². The Morgan fingerprint density at radius 2 is 2.07 bits per heavy atom. The van der Waals surface area contributed by atoms with Gasteiger partial charge in [-0.25, -0.2) is 4.79 Å². The molecule has 0 aromatic carbocycles. The summed E-state index contributed by atoms with van der Waals surface area (Å²) in [5.41, 5.74) is -0.0542. The van der Waals surface area contributed by atoms with E-state index in [0.29, 0.717) is 12.0 Å². The first-order chi connectivity index (χ1) is 12.5. The lowest BCUT2D eigenvalue weighted by molar-refractivity contribution is -0.229. The summed E-state index contributed by atoms with van der Waals surface area (Å²) in [5, 5.41) is 11.2. The lowest BCUT2D eigenvalue weighted by atomic mass is 9.81. The molecule has 0 aromatic rings. The second kappa shape index (κ2) is 6.72. The van der Waals surface area contributed by atoms with Gasteiger partial charge in [0.05, 0.1) is 17.4 Å². The van der Waals surface area contributed by atoms with E-state index in [-0.39, 0.29) is 23.9 Å². The molecule has 0 amide bonds. The van der Waals surface area contributed by atoms with Crippen molar-refractivity contribution in [3.63, 3.8) is 0 Å². The Balaban J connectivity index is 2.07.